The van der Waals surface area contributed by atoms with Crippen LogP contribution in [0.1, 0.15) is 33.1 Å². The molecule has 0 aromatic carbocycles. The van der Waals surface area contributed by atoms with Gasteiger partial charge in [-0.25, -0.2) is 0 Å². The first-order valence-electron chi connectivity index (χ1n) is 7.84. The van der Waals surface area contributed by atoms with E-state index in [9.17, 15) is 0 Å². The lowest BCUT2D eigenvalue weighted by atomic mass is 10.0. The van der Waals surface area contributed by atoms with E-state index in [0.29, 0.717) is 17.9 Å². The Balaban J connectivity index is 2.02. The smallest absolute Gasteiger partial charge is 0.231 e. The first-order chi connectivity index (χ1) is 10.1. The second kappa shape index (κ2) is 7.40. The summed E-state index contributed by atoms with van der Waals surface area (Å²) >= 11 is 0. The molecule has 0 bridgehead atoms. The van der Waals surface area contributed by atoms with Crippen LogP contribution in [0, 0.1) is 0 Å². The Bertz CT molecular complexity index is 447. The van der Waals surface area contributed by atoms with Crippen LogP contribution in [0.4, 0.5) is 17.8 Å². The van der Waals surface area contributed by atoms with Gasteiger partial charge in [-0.05, 0) is 40.3 Å². The number of nitrogens with one attached hydrogen (secondary N) is 1. The minimum Gasteiger partial charge on any atom is -0.368 e. The maximum absolute atomic E-state index is 5.80. The number of nitrogen functional groups attached to an aromatic ring is 1. The second-order valence-electron chi connectivity index (χ2n) is 5.50. The molecule has 2 rings (SSSR count). The maximum Gasteiger partial charge on any atom is 0.231 e. The van der Waals surface area contributed by atoms with Crippen molar-refractivity contribution in [3.05, 3.63) is 0 Å². The van der Waals surface area contributed by atoms with Crippen molar-refractivity contribution in [1.29, 1.82) is 0 Å². The summed E-state index contributed by atoms with van der Waals surface area (Å²) in [5, 5.41) is 3.32. The van der Waals surface area contributed by atoms with Gasteiger partial charge in [-0.1, -0.05) is 6.42 Å². The molecule has 0 aliphatic carbocycles. The Hall–Kier alpha value is -1.63. The summed E-state index contributed by atoms with van der Waals surface area (Å²) in [4.78, 5) is 17.3. The highest BCUT2D eigenvalue weighted by Crippen LogP contribution is 2.16. The highest BCUT2D eigenvalue weighted by atomic mass is 15.3. The fourth-order valence-corrected chi connectivity index (χ4v) is 2.72. The van der Waals surface area contributed by atoms with Crippen LogP contribution in [0.25, 0.3) is 0 Å². The number of piperidine rings is 1. The van der Waals surface area contributed by atoms with Gasteiger partial charge in [0.15, 0.2) is 0 Å². The first kappa shape index (κ1) is 15.8. The van der Waals surface area contributed by atoms with E-state index in [1.807, 2.05) is 0 Å². The lowest BCUT2D eigenvalue weighted by Gasteiger charge is -2.32. The van der Waals surface area contributed by atoms with Crippen molar-refractivity contribution >= 4 is 17.8 Å². The van der Waals surface area contributed by atoms with Crippen LogP contribution in [0.5, 0.6) is 0 Å². The van der Waals surface area contributed by atoms with Gasteiger partial charge in [0.1, 0.15) is 0 Å². The molecule has 0 spiro atoms. The monoisotopic (exact) mass is 293 g/mol. The number of aromatic nitrogens is 3. The van der Waals surface area contributed by atoms with E-state index in [-0.39, 0.29) is 5.95 Å². The summed E-state index contributed by atoms with van der Waals surface area (Å²) in [5.74, 6) is 1.49. The van der Waals surface area contributed by atoms with E-state index < -0.39 is 0 Å². The minimum atomic E-state index is 0.270. The third kappa shape index (κ3) is 4.17. The Morgan fingerprint density at radius 1 is 1.24 bits per heavy atom. The van der Waals surface area contributed by atoms with Gasteiger partial charge in [0.05, 0.1) is 0 Å². The molecule has 1 aromatic heterocycles. The molecule has 1 unspecified atom stereocenters. The van der Waals surface area contributed by atoms with Gasteiger partial charge in [0.2, 0.25) is 17.8 Å². The van der Waals surface area contributed by atoms with Crippen LogP contribution < -0.4 is 16.0 Å². The fraction of sp³-hybridized carbons (Fsp3) is 0.786. The van der Waals surface area contributed by atoms with E-state index in [1.54, 1.807) is 0 Å². The first-order valence-corrected chi connectivity index (χ1v) is 7.84. The largest absolute Gasteiger partial charge is 0.368 e. The molecule has 7 heteroatoms. The quantitative estimate of drug-likeness (QED) is 0.815. The lowest BCUT2D eigenvalue weighted by Crippen LogP contribution is -2.41. The normalized spacial score (nSPS) is 19.5. The van der Waals surface area contributed by atoms with Gasteiger partial charge in [-0.15, -0.1) is 0 Å². The molecule has 1 atom stereocenters. The number of rotatable bonds is 6. The standard InChI is InChI=1S/C14H27N7/c1-4-21(5-2)14-18-12(15)17-13(19-14)16-10-11-8-6-7-9-20(11)3/h11H,4-10H2,1-3H3,(H3,15,16,17,18,19). The second-order valence-corrected chi connectivity index (χ2v) is 5.50. The van der Waals surface area contributed by atoms with E-state index in [1.165, 1.54) is 19.3 Å². The number of hydrogen-bond donors (Lipinski definition) is 2. The van der Waals surface area contributed by atoms with Gasteiger partial charge >= 0.3 is 0 Å². The fourth-order valence-electron chi connectivity index (χ4n) is 2.72. The summed E-state index contributed by atoms with van der Waals surface area (Å²) in [6.07, 6.45) is 3.80. The van der Waals surface area contributed by atoms with E-state index >= 15 is 0 Å². The van der Waals surface area contributed by atoms with Gasteiger partial charge in [-0.2, -0.15) is 15.0 Å². The molecule has 0 amide bonds. The zero-order valence-corrected chi connectivity index (χ0v) is 13.3. The van der Waals surface area contributed by atoms with Gasteiger partial charge < -0.3 is 20.9 Å². The van der Waals surface area contributed by atoms with Gasteiger partial charge in [-0.3, -0.25) is 0 Å². The molecule has 1 saturated heterocycles. The van der Waals surface area contributed by atoms with Crippen molar-refractivity contribution in [3.8, 4) is 0 Å². The molecular weight excluding hydrogens is 266 g/mol. The molecule has 7 nitrogen and oxygen atoms in total. The van der Waals surface area contributed by atoms with Crippen molar-refractivity contribution in [3.63, 3.8) is 0 Å². The zero-order chi connectivity index (χ0) is 15.2. The van der Waals surface area contributed by atoms with E-state index in [0.717, 1.165) is 26.2 Å². The Morgan fingerprint density at radius 2 is 2.00 bits per heavy atom. The third-order valence-electron chi connectivity index (χ3n) is 4.10. The molecule has 0 radical (unpaired) electrons. The summed E-state index contributed by atoms with van der Waals surface area (Å²) < 4.78 is 0. The maximum atomic E-state index is 5.80. The number of nitrogens with two attached hydrogens (primary N) is 1. The Morgan fingerprint density at radius 3 is 2.67 bits per heavy atom. The van der Waals surface area contributed by atoms with E-state index in [4.69, 9.17) is 5.73 Å². The van der Waals surface area contributed by atoms with Gasteiger partial charge in [0.25, 0.3) is 0 Å². The number of nitrogens with zero attached hydrogens (tertiary/aromatic N) is 5. The van der Waals surface area contributed by atoms with Crippen LogP contribution >= 0.6 is 0 Å². The van der Waals surface area contributed by atoms with Crippen LogP contribution in [-0.2, 0) is 0 Å². The average Bonchev–Trinajstić information content (AvgIpc) is 2.47. The predicted octanol–water partition coefficient (Wildman–Crippen LogP) is 1.20. The molecule has 0 saturated carbocycles. The molecule has 1 aliphatic heterocycles. The third-order valence-corrected chi connectivity index (χ3v) is 4.10. The minimum absolute atomic E-state index is 0.270. The van der Waals surface area contributed by atoms with Crippen LogP contribution in [0.2, 0.25) is 0 Å². The number of hydrogen-bond acceptors (Lipinski definition) is 7. The van der Waals surface area contributed by atoms with Crippen molar-refractivity contribution in [2.75, 3.05) is 49.2 Å². The Labute approximate surface area is 127 Å². The predicted molar refractivity (Wildman–Crippen MR) is 86.6 cm³/mol. The summed E-state index contributed by atoms with van der Waals surface area (Å²) in [6, 6.07) is 0.536. The zero-order valence-electron chi connectivity index (χ0n) is 13.3. The highest BCUT2D eigenvalue weighted by Gasteiger charge is 2.19. The summed E-state index contributed by atoms with van der Waals surface area (Å²) in [7, 11) is 2.18. The molecule has 1 fully saturated rings. The molecule has 118 valence electrons. The molecule has 21 heavy (non-hydrogen) atoms. The van der Waals surface area contributed by atoms with Crippen molar-refractivity contribution in [1.82, 2.24) is 19.9 Å². The van der Waals surface area contributed by atoms with E-state index in [2.05, 4.69) is 51.0 Å². The lowest BCUT2D eigenvalue weighted by molar-refractivity contribution is 0.194. The molecule has 1 aliphatic rings. The number of likely N-dealkylation sites (N-methyl/N-ethyl adjacent to an activating group) is 1. The molecular formula is C14H27N7. The molecule has 3 N–H and O–H groups in total. The topological polar surface area (TPSA) is 83.2 Å². The Kier molecular flexibility index (Phi) is 5.55. The molecule has 1 aromatic rings. The number of anilines is 3. The van der Waals surface area contributed by atoms with Crippen molar-refractivity contribution in [2.45, 2.75) is 39.2 Å². The van der Waals surface area contributed by atoms with Gasteiger partial charge in [0, 0.05) is 25.7 Å². The summed E-state index contributed by atoms with van der Waals surface area (Å²) in [6.45, 7) is 7.87. The number of likely N-dealkylation sites (tertiary alicyclic amines) is 1. The van der Waals surface area contributed by atoms with Crippen molar-refractivity contribution < 1.29 is 0 Å². The average molecular weight is 293 g/mol. The van der Waals surface area contributed by atoms with Crippen molar-refractivity contribution in [2.24, 2.45) is 0 Å². The highest BCUT2D eigenvalue weighted by molar-refractivity contribution is 5.41. The summed E-state index contributed by atoms with van der Waals surface area (Å²) in [5.41, 5.74) is 5.80. The van der Waals surface area contributed by atoms with Crippen LogP contribution in [-0.4, -0.2) is 59.1 Å². The SMILES string of the molecule is CCN(CC)c1nc(N)nc(NCC2CCCCN2C)n1. The van der Waals surface area contributed by atoms with Crippen LogP contribution in [0.15, 0.2) is 0 Å². The van der Waals surface area contributed by atoms with Crippen LogP contribution in [0.3, 0.4) is 0 Å². The molecule has 2 heterocycles.